The highest BCUT2D eigenvalue weighted by atomic mass is 16.5. The van der Waals surface area contributed by atoms with Crippen LogP contribution in [-0.2, 0) is 19.1 Å². The molecule has 2 amide bonds. The van der Waals surface area contributed by atoms with Crippen LogP contribution < -0.4 is 5.32 Å². The average molecular weight is 385 g/mol. The summed E-state index contributed by atoms with van der Waals surface area (Å²) in [5.74, 6) is -1.04. The summed E-state index contributed by atoms with van der Waals surface area (Å²) in [7, 11) is 0. The number of carbonyl (C=O) groups excluding carboxylic acids is 3. The van der Waals surface area contributed by atoms with Crippen molar-refractivity contribution in [3.8, 4) is 0 Å². The Kier molecular flexibility index (Phi) is 6.79. The average Bonchev–Trinajstić information content (AvgIpc) is 3.39. The maximum Gasteiger partial charge on any atom is 0.307 e. The Labute approximate surface area is 165 Å². The number of rotatable bonds is 7. The highest BCUT2D eigenvalue weighted by Crippen LogP contribution is 2.18. The maximum atomic E-state index is 12.3. The molecule has 0 radical (unpaired) electrons. The van der Waals surface area contributed by atoms with Gasteiger partial charge in [0.2, 0.25) is 5.91 Å². The SMILES string of the molecule is C[C@H](OC(=O)CCC(=O)N1CCC(c2ccccc2)=N1)C(=O)NC1CCCC1. The van der Waals surface area contributed by atoms with Crippen LogP contribution in [0.1, 0.15) is 57.4 Å². The Morgan fingerprint density at radius 1 is 1.18 bits per heavy atom. The second kappa shape index (κ2) is 9.48. The van der Waals surface area contributed by atoms with Gasteiger partial charge in [0.25, 0.3) is 5.91 Å². The number of benzene rings is 1. The summed E-state index contributed by atoms with van der Waals surface area (Å²) in [4.78, 5) is 36.4. The Balaban J connectivity index is 1.41. The van der Waals surface area contributed by atoms with Crippen molar-refractivity contribution in [1.82, 2.24) is 10.3 Å². The summed E-state index contributed by atoms with van der Waals surface area (Å²) in [6.07, 6.45) is 3.98. The fourth-order valence-corrected chi connectivity index (χ4v) is 3.51. The third-order valence-electron chi connectivity index (χ3n) is 5.12. The van der Waals surface area contributed by atoms with Gasteiger partial charge >= 0.3 is 5.97 Å². The molecule has 0 bridgehead atoms. The van der Waals surface area contributed by atoms with Crippen molar-refractivity contribution in [3.63, 3.8) is 0 Å². The van der Waals surface area contributed by atoms with E-state index in [1.165, 1.54) is 5.01 Å². The van der Waals surface area contributed by atoms with E-state index in [0.29, 0.717) is 13.0 Å². The molecule has 7 heteroatoms. The molecule has 1 aromatic carbocycles. The van der Waals surface area contributed by atoms with E-state index in [-0.39, 0.29) is 30.7 Å². The van der Waals surface area contributed by atoms with Gasteiger partial charge in [-0.15, -0.1) is 0 Å². The minimum Gasteiger partial charge on any atom is -0.453 e. The first-order valence-electron chi connectivity index (χ1n) is 9.96. The summed E-state index contributed by atoms with van der Waals surface area (Å²) in [5, 5.41) is 8.68. The van der Waals surface area contributed by atoms with Crippen molar-refractivity contribution in [1.29, 1.82) is 0 Å². The molecule has 7 nitrogen and oxygen atoms in total. The Hall–Kier alpha value is -2.70. The van der Waals surface area contributed by atoms with Crippen LogP contribution in [0.2, 0.25) is 0 Å². The Morgan fingerprint density at radius 2 is 1.89 bits per heavy atom. The van der Waals surface area contributed by atoms with Gasteiger partial charge in [0.05, 0.1) is 18.7 Å². The third kappa shape index (κ3) is 5.41. The van der Waals surface area contributed by atoms with E-state index < -0.39 is 12.1 Å². The van der Waals surface area contributed by atoms with Crippen molar-refractivity contribution < 1.29 is 19.1 Å². The lowest BCUT2D eigenvalue weighted by atomic mass is 10.1. The van der Waals surface area contributed by atoms with Crippen LogP contribution in [0.3, 0.4) is 0 Å². The second-order valence-corrected chi connectivity index (χ2v) is 7.30. The van der Waals surface area contributed by atoms with Crippen LogP contribution in [0.5, 0.6) is 0 Å². The van der Waals surface area contributed by atoms with Crippen molar-refractivity contribution in [2.75, 3.05) is 6.54 Å². The van der Waals surface area contributed by atoms with Crippen LogP contribution >= 0.6 is 0 Å². The number of hydrogen-bond acceptors (Lipinski definition) is 5. The normalized spacial score (nSPS) is 17.9. The summed E-state index contributed by atoms with van der Waals surface area (Å²) in [6, 6.07) is 9.90. The molecule has 1 heterocycles. The predicted octanol–water partition coefficient (Wildman–Crippen LogP) is 2.39. The fourth-order valence-electron chi connectivity index (χ4n) is 3.51. The van der Waals surface area contributed by atoms with Crippen molar-refractivity contribution in [3.05, 3.63) is 35.9 Å². The Morgan fingerprint density at radius 3 is 2.61 bits per heavy atom. The van der Waals surface area contributed by atoms with Crippen molar-refractivity contribution >= 4 is 23.5 Å². The quantitative estimate of drug-likeness (QED) is 0.730. The predicted molar refractivity (Wildman–Crippen MR) is 104 cm³/mol. The van der Waals surface area contributed by atoms with Crippen LogP contribution in [0.4, 0.5) is 0 Å². The van der Waals surface area contributed by atoms with Gasteiger partial charge < -0.3 is 10.1 Å². The molecular weight excluding hydrogens is 358 g/mol. The van der Waals surface area contributed by atoms with Gasteiger partial charge in [-0.2, -0.15) is 5.10 Å². The van der Waals surface area contributed by atoms with E-state index in [2.05, 4.69) is 10.4 Å². The molecule has 1 saturated carbocycles. The lowest BCUT2D eigenvalue weighted by molar-refractivity contribution is -0.156. The first-order chi connectivity index (χ1) is 13.5. The summed E-state index contributed by atoms with van der Waals surface area (Å²) in [6.45, 7) is 2.07. The smallest absolute Gasteiger partial charge is 0.307 e. The number of esters is 1. The number of nitrogens with zero attached hydrogens (tertiary/aromatic N) is 2. The molecule has 0 unspecified atom stereocenters. The van der Waals surface area contributed by atoms with Crippen LogP contribution in [-0.4, -0.2) is 47.2 Å². The van der Waals surface area contributed by atoms with Gasteiger partial charge in [-0.25, -0.2) is 5.01 Å². The maximum absolute atomic E-state index is 12.3. The summed E-state index contributed by atoms with van der Waals surface area (Å²) in [5.41, 5.74) is 1.87. The summed E-state index contributed by atoms with van der Waals surface area (Å²) >= 11 is 0. The molecule has 0 aromatic heterocycles. The van der Waals surface area contributed by atoms with E-state index in [1.54, 1.807) is 6.92 Å². The molecule has 1 fully saturated rings. The monoisotopic (exact) mass is 385 g/mol. The van der Waals surface area contributed by atoms with E-state index in [4.69, 9.17) is 4.74 Å². The van der Waals surface area contributed by atoms with E-state index >= 15 is 0 Å². The second-order valence-electron chi connectivity index (χ2n) is 7.30. The number of ether oxygens (including phenoxy) is 1. The van der Waals surface area contributed by atoms with E-state index in [0.717, 1.165) is 37.0 Å². The highest BCUT2D eigenvalue weighted by molar-refractivity contribution is 6.02. The minimum absolute atomic E-state index is 0.0152. The molecular formula is C21H27N3O4. The topological polar surface area (TPSA) is 88.1 Å². The molecule has 3 rings (SSSR count). The molecule has 1 N–H and O–H groups in total. The number of hydrazone groups is 1. The van der Waals surface area contributed by atoms with Gasteiger partial charge in [-0.3, -0.25) is 14.4 Å². The zero-order valence-corrected chi connectivity index (χ0v) is 16.2. The van der Waals surface area contributed by atoms with Gasteiger partial charge in [0.1, 0.15) is 0 Å². The molecule has 1 aliphatic heterocycles. The standard InChI is InChI=1S/C21H27N3O4/c1-15(21(27)22-17-9-5-6-10-17)28-20(26)12-11-19(25)24-14-13-18(23-24)16-7-3-2-4-8-16/h2-4,7-8,15,17H,5-6,9-14H2,1H3,(H,22,27)/t15-/m0/s1. The Bertz CT molecular complexity index is 741. The molecule has 150 valence electrons. The lowest BCUT2D eigenvalue weighted by Gasteiger charge is -2.17. The van der Waals surface area contributed by atoms with Gasteiger partial charge in [0.15, 0.2) is 6.10 Å². The fraction of sp³-hybridized carbons (Fsp3) is 0.524. The molecule has 1 aliphatic carbocycles. The third-order valence-corrected chi connectivity index (χ3v) is 5.12. The lowest BCUT2D eigenvalue weighted by Crippen LogP contribution is -2.40. The minimum atomic E-state index is -0.849. The number of hydrogen-bond donors (Lipinski definition) is 1. The summed E-state index contributed by atoms with van der Waals surface area (Å²) < 4.78 is 5.17. The molecule has 0 spiro atoms. The first kappa shape index (κ1) is 20.0. The number of amides is 2. The van der Waals surface area contributed by atoms with E-state index in [9.17, 15) is 14.4 Å². The number of carbonyl (C=O) groups is 3. The van der Waals surface area contributed by atoms with Gasteiger partial charge in [-0.1, -0.05) is 43.2 Å². The first-order valence-corrected chi connectivity index (χ1v) is 9.96. The largest absolute Gasteiger partial charge is 0.453 e. The van der Waals surface area contributed by atoms with E-state index in [1.807, 2.05) is 30.3 Å². The van der Waals surface area contributed by atoms with Gasteiger partial charge in [0, 0.05) is 18.9 Å². The zero-order valence-electron chi connectivity index (χ0n) is 16.2. The van der Waals surface area contributed by atoms with Crippen LogP contribution in [0, 0.1) is 0 Å². The van der Waals surface area contributed by atoms with Gasteiger partial charge in [-0.05, 0) is 25.3 Å². The zero-order chi connectivity index (χ0) is 19.9. The van der Waals surface area contributed by atoms with Crippen LogP contribution in [0.25, 0.3) is 0 Å². The molecule has 1 atom stereocenters. The molecule has 28 heavy (non-hydrogen) atoms. The van der Waals surface area contributed by atoms with Crippen molar-refractivity contribution in [2.24, 2.45) is 5.10 Å². The molecule has 0 saturated heterocycles. The molecule has 1 aromatic rings. The highest BCUT2D eigenvalue weighted by Gasteiger charge is 2.25. The number of nitrogens with one attached hydrogen (secondary N) is 1. The van der Waals surface area contributed by atoms with Crippen LogP contribution in [0.15, 0.2) is 35.4 Å². The molecule has 2 aliphatic rings. The van der Waals surface area contributed by atoms with Crippen molar-refractivity contribution in [2.45, 2.75) is 64.0 Å².